The maximum atomic E-state index is 12.0. The van der Waals surface area contributed by atoms with Gasteiger partial charge in [-0.2, -0.15) is 0 Å². The van der Waals surface area contributed by atoms with Gasteiger partial charge >= 0.3 is 0 Å². The van der Waals surface area contributed by atoms with Crippen LogP contribution in [0.15, 0.2) is 12.3 Å². The second-order valence-electron chi connectivity index (χ2n) is 4.70. The molecule has 0 spiro atoms. The van der Waals surface area contributed by atoms with Gasteiger partial charge in [0.2, 0.25) is 0 Å². The average molecular weight is 283 g/mol. The topological polar surface area (TPSA) is 94.7 Å². The van der Waals surface area contributed by atoms with E-state index in [-0.39, 0.29) is 24.5 Å². The number of nitrogens with one attached hydrogen (secondary N) is 2. The van der Waals surface area contributed by atoms with Gasteiger partial charge in [0.25, 0.3) is 12.4 Å². The van der Waals surface area contributed by atoms with Crippen LogP contribution in [0.2, 0.25) is 0 Å². The van der Waals surface area contributed by atoms with Crippen LogP contribution >= 0.6 is 0 Å². The molecule has 2 atom stereocenters. The fraction of sp³-hybridized carbons (Fsp3) is 0.538. The fourth-order valence-electron chi connectivity index (χ4n) is 2.28. The highest BCUT2D eigenvalue weighted by Crippen LogP contribution is 2.12. The lowest BCUT2D eigenvalue weighted by atomic mass is 10.2. The number of aryl methyl sites for hydroxylation is 1. The molecule has 1 saturated heterocycles. The number of hydrogen-bond donors (Lipinski definition) is 3. The number of nitrogens with zero attached hydrogens (tertiary/aromatic N) is 1. The van der Waals surface area contributed by atoms with E-state index in [2.05, 4.69) is 15.2 Å². The molecule has 7 nitrogen and oxygen atoms in total. The number of carboxylic acid groups (broad SMARTS) is 1. The molecule has 1 aliphatic rings. The van der Waals surface area contributed by atoms with Crippen LogP contribution in [0.3, 0.4) is 0 Å². The smallest absolute Gasteiger partial charge is 0.290 e. The quantitative estimate of drug-likeness (QED) is 0.683. The Morgan fingerprint density at radius 2 is 2.25 bits per heavy atom. The summed E-state index contributed by atoms with van der Waals surface area (Å²) in [6.45, 7) is 3.32. The highest BCUT2D eigenvalue weighted by atomic mass is 16.5. The van der Waals surface area contributed by atoms with Gasteiger partial charge in [0.15, 0.2) is 0 Å². The molecule has 112 valence electrons. The summed E-state index contributed by atoms with van der Waals surface area (Å²) in [5, 5.41) is 9.92. The monoisotopic (exact) mass is 283 g/mol. The fourth-order valence-corrected chi connectivity index (χ4v) is 2.28. The minimum atomic E-state index is -0.250. The van der Waals surface area contributed by atoms with Gasteiger partial charge in [0.05, 0.1) is 17.7 Å². The van der Waals surface area contributed by atoms with Crippen molar-refractivity contribution in [3.8, 4) is 0 Å². The van der Waals surface area contributed by atoms with E-state index in [0.717, 1.165) is 18.8 Å². The molecule has 20 heavy (non-hydrogen) atoms. The number of likely N-dealkylation sites (tertiary alicyclic amines) is 1. The van der Waals surface area contributed by atoms with E-state index < -0.39 is 0 Å². The van der Waals surface area contributed by atoms with E-state index in [4.69, 9.17) is 14.6 Å². The lowest BCUT2D eigenvalue weighted by Gasteiger charge is -2.18. The van der Waals surface area contributed by atoms with E-state index >= 15 is 0 Å². The molecular weight excluding hydrogens is 262 g/mol. The first-order valence-electron chi connectivity index (χ1n) is 6.27. The molecule has 0 bridgehead atoms. The minimum Gasteiger partial charge on any atom is -0.483 e. The van der Waals surface area contributed by atoms with E-state index in [1.807, 2.05) is 14.0 Å². The van der Waals surface area contributed by atoms with E-state index in [1.54, 1.807) is 19.4 Å². The molecule has 1 aromatic rings. The number of methoxy groups -OCH3 is 1. The van der Waals surface area contributed by atoms with Crippen molar-refractivity contribution in [1.82, 2.24) is 15.2 Å². The summed E-state index contributed by atoms with van der Waals surface area (Å²) in [6, 6.07) is 1.86. The molecule has 0 unspecified atom stereocenters. The second-order valence-corrected chi connectivity index (χ2v) is 4.70. The average Bonchev–Trinajstić information content (AvgIpc) is 2.96. The van der Waals surface area contributed by atoms with Gasteiger partial charge in [-0.3, -0.25) is 9.59 Å². The van der Waals surface area contributed by atoms with Crippen LogP contribution in [0.5, 0.6) is 0 Å². The molecule has 2 heterocycles. The number of ether oxygens (including phenoxy) is 1. The predicted molar refractivity (Wildman–Crippen MR) is 73.8 cm³/mol. The van der Waals surface area contributed by atoms with Crippen molar-refractivity contribution in [1.29, 1.82) is 0 Å². The Kier molecular flexibility index (Phi) is 6.20. The standard InChI is InChI=1S/C12H19N3O2.CH2O2/c1-8-9(4-5-13-8)12(16)14-10-6-15(2)7-11(10)17-3;2-1-3/h4-5,10-11,13H,6-7H2,1-3H3,(H,14,16);1H,(H,2,3)/t10-,11-;/m0./s1. The number of carbonyl (C=O) groups is 2. The number of H-pyrrole nitrogens is 1. The summed E-state index contributed by atoms with van der Waals surface area (Å²) in [4.78, 5) is 25.6. The Morgan fingerprint density at radius 1 is 1.60 bits per heavy atom. The van der Waals surface area contributed by atoms with Crippen molar-refractivity contribution in [2.24, 2.45) is 0 Å². The number of rotatable bonds is 3. The molecule has 0 saturated carbocycles. The minimum absolute atomic E-state index is 0.0360. The number of likely N-dealkylation sites (N-methyl/N-ethyl adjacent to an activating group) is 1. The first-order valence-corrected chi connectivity index (χ1v) is 6.27. The van der Waals surface area contributed by atoms with Gasteiger partial charge in [-0.15, -0.1) is 0 Å². The molecular formula is C13H21N3O4. The second kappa shape index (κ2) is 7.66. The van der Waals surface area contributed by atoms with Gasteiger partial charge in [-0.25, -0.2) is 0 Å². The predicted octanol–water partition coefficient (Wildman–Crippen LogP) is 0.0827. The zero-order valence-electron chi connectivity index (χ0n) is 11.9. The van der Waals surface area contributed by atoms with Crippen LogP contribution in [-0.4, -0.2) is 66.8 Å². The van der Waals surface area contributed by atoms with Crippen LogP contribution in [-0.2, 0) is 9.53 Å². The van der Waals surface area contributed by atoms with Crippen LogP contribution in [0.1, 0.15) is 16.1 Å². The van der Waals surface area contributed by atoms with Crippen molar-refractivity contribution in [2.75, 3.05) is 27.2 Å². The molecule has 3 N–H and O–H groups in total. The highest BCUT2D eigenvalue weighted by molar-refractivity contribution is 5.95. The summed E-state index contributed by atoms with van der Waals surface area (Å²) in [5.74, 6) is -0.0360. The van der Waals surface area contributed by atoms with Crippen LogP contribution in [0, 0.1) is 6.92 Å². The first kappa shape index (κ1) is 16.2. The largest absolute Gasteiger partial charge is 0.483 e. The van der Waals surface area contributed by atoms with Crippen LogP contribution in [0.4, 0.5) is 0 Å². The van der Waals surface area contributed by atoms with Gasteiger partial charge in [0, 0.05) is 32.1 Å². The van der Waals surface area contributed by atoms with Gasteiger partial charge in [0.1, 0.15) is 0 Å². The summed E-state index contributed by atoms with van der Waals surface area (Å²) >= 11 is 0. The van der Waals surface area contributed by atoms with Gasteiger partial charge < -0.3 is 25.0 Å². The molecule has 1 aromatic heterocycles. The number of aromatic nitrogens is 1. The summed E-state index contributed by atoms with van der Waals surface area (Å²) in [5.41, 5.74) is 1.59. The summed E-state index contributed by atoms with van der Waals surface area (Å²) in [7, 11) is 3.71. The maximum absolute atomic E-state index is 12.0. The van der Waals surface area contributed by atoms with Crippen LogP contribution in [0.25, 0.3) is 0 Å². The van der Waals surface area contributed by atoms with E-state index in [1.165, 1.54) is 0 Å². The third-order valence-electron chi connectivity index (χ3n) is 3.27. The zero-order valence-corrected chi connectivity index (χ0v) is 11.9. The highest BCUT2D eigenvalue weighted by Gasteiger charge is 2.32. The first-order chi connectivity index (χ1) is 9.53. The molecule has 1 amide bonds. The molecule has 7 heteroatoms. The molecule has 0 radical (unpaired) electrons. The zero-order chi connectivity index (χ0) is 15.1. The summed E-state index contributed by atoms with van der Waals surface area (Å²) in [6.07, 6.45) is 1.85. The lowest BCUT2D eigenvalue weighted by Crippen LogP contribution is -2.43. The summed E-state index contributed by atoms with van der Waals surface area (Å²) < 4.78 is 5.38. The van der Waals surface area contributed by atoms with Crippen molar-refractivity contribution in [2.45, 2.75) is 19.1 Å². The normalized spacial score (nSPS) is 21.9. The van der Waals surface area contributed by atoms with Crippen LogP contribution < -0.4 is 5.32 Å². The SMILES string of the molecule is CO[C@H]1CN(C)C[C@@H]1NC(=O)c1cc[nH]c1C.O=CO. The van der Waals surface area contributed by atoms with Gasteiger partial charge in [-0.1, -0.05) is 0 Å². The Hall–Kier alpha value is -1.86. The Balaban J connectivity index is 0.000000612. The van der Waals surface area contributed by atoms with Crippen molar-refractivity contribution in [3.63, 3.8) is 0 Å². The van der Waals surface area contributed by atoms with E-state index in [9.17, 15) is 4.79 Å². The molecule has 0 aromatic carbocycles. The lowest BCUT2D eigenvalue weighted by molar-refractivity contribution is -0.122. The van der Waals surface area contributed by atoms with Crippen molar-refractivity contribution < 1.29 is 19.4 Å². The van der Waals surface area contributed by atoms with E-state index in [0.29, 0.717) is 5.56 Å². The van der Waals surface area contributed by atoms with Gasteiger partial charge in [-0.05, 0) is 20.0 Å². The molecule has 2 rings (SSSR count). The van der Waals surface area contributed by atoms with Crippen molar-refractivity contribution in [3.05, 3.63) is 23.5 Å². The maximum Gasteiger partial charge on any atom is 0.290 e. The Labute approximate surface area is 117 Å². The Morgan fingerprint density at radius 3 is 2.75 bits per heavy atom. The van der Waals surface area contributed by atoms with Crippen molar-refractivity contribution >= 4 is 12.4 Å². The number of amides is 1. The molecule has 1 aliphatic heterocycles. The third kappa shape index (κ3) is 4.07. The number of carbonyl (C=O) groups excluding carboxylic acids is 1. The number of hydrogen-bond acceptors (Lipinski definition) is 4. The number of aromatic amines is 1. The Bertz CT molecular complexity index is 447. The third-order valence-corrected chi connectivity index (χ3v) is 3.27. The molecule has 0 aliphatic carbocycles. The molecule has 1 fully saturated rings.